The molecule has 2 aromatic rings. The lowest BCUT2D eigenvalue weighted by Gasteiger charge is -2.13. The molecule has 0 aliphatic heterocycles. The molecule has 0 aliphatic rings. The van der Waals surface area contributed by atoms with Crippen LogP contribution in [-0.2, 0) is 4.79 Å². The number of oxazole rings is 1. The van der Waals surface area contributed by atoms with E-state index in [2.05, 4.69) is 10.3 Å². The second-order valence-corrected chi connectivity index (χ2v) is 5.30. The molecule has 0 saturated heterocycles. The van der Waals surface area contributed by atoms with Gasteiger partial charge in [0.05, 0.1) is 0 Å². The van der Waals surface area contributed by atoms with Crippen LogP contribution in [0.3, 0.4) is 0 Å². The van der Waals surface area contributed by atoms with E-state index in [-0.39, 0.29) is 5.69 Å². The Morgan fingerprint density at radius 3 is 2.61 bits per heavy atom. The van der Waals surface area contributed by atoms with E-state index < -0.39 is 17.9 Å². The predicted octanol–water partition coefficient (Wildman–Crippen LogP) is 3.02. The van der Waals surface area contributed by atoms with Crippen molar-refractivity contribution in [1.82, 2.24) is 10.3 Å². The molecule has 0 saturated carbocycles. The van der Waals surface area contributed by atoms with Crippen LogP contribution in [0, 0.1) is 6.92 Å². The van der Waals surface area contributed by atoms with E-state index in [1.165, 1.54) is 0 Å². The molecule has 1 heterocycles. The zero-order valence-electron chi connectivity index (χ0n) is 13.2. The minimum absolute atomic E-state index is 0.117. The highest BCUT2D eigenvalue weighted by Gasteiger charge is 2.24. The number of aromatic nitrogens is 1. The molecule has 0 unspecified atom stereocenters. The van der Waals surface area contributed by atoms with Crippen molar-refractivity contribution < 1.29 is 19.1 Å². The number of amides is 1. The molecule has 6 heteroatoms. The van der Waals surface area contributed by atoms with Crippen LogP contribution >= 0.6 is 0 Å². The van der Waals surface area contributed by atoms with Crippen molar-refractivity contribution in [2.24, 2.45) is 0 Å². The Morgan fingerprint density at radius 2 is 2.00 bits per heavy atom. The Kier molecular flexibility index (Phi) is 5.51. The number of rotatable bonds is 7. The van der Waals surface area contributed by atoms with Crippen molar-refractivity contribution in [2.75, 3.05) is 0 Å². The standard InChI is InChI=1S/C17H20N2O4/c1-3-4-10-13(17(21)22)18-15(20)14-11(2)23-16(19-14)12-8-6-5-7-9-12/h5-9,13H,3-4,10H2,1-2H3,(H,18,20)(H,21,22)/t13-/m0/s1. The summed E-state index contributed by atoms with van der Waals surface area (Å²) in [7, 11) is 0. The SMILES string of the molecule is CCCC[C@H](NC(=O)c1nc(-c2ccccc2)oc1C)C(=O)O. The number of aryl methyl sites for hydroxylation is 1. The van der Waals surface area contributed by atoms with E-state index in [4.69, 9.17) is 4.42 Å². The number of hydrogen-bond donors (Lipinski definition) is 2. The van der Waals surface area contributed by atoms with Gasteiger partial charge in [-0.15, -0.1) is 0 Å². The maximum atomic E-state index is 12.3. The Bertz CT molecular complexity index is 679. The van der Waals surface area contributed by atoms with E-state index in [0.29, 0.717) is 18.1 Å². The zero-order chi connectivity index (χ0) is 16.8. The van der Waals surface area contributed by atoms with Crippen LogP contribution in [0.15, 0.2) is 34.7 Å². The van der Waals surface area contributed by atoms with Crippen LogP contribution in [0.1, 0.15) is 42.4 Å². The van der Waals surface area contributed by atoms with Gasteiger partial charge in [-0.1, -0.05) is 38.0 Å². The molecule has 122 valence electrons. The molecule has 0 fully saturated rings. The Morgan fingerprint density at radius 1 is 1.30 bits per heavy atom. The highest BCUT2D eigenvalue weighted by Crippen LogP contribution is 2.21. The molecule has 1 aromatic carbocycles. The highest BCUT2D eigenvalue weighted by molar-refractivity contribution is 5.96. The molecule has 0 bridgehead atoms. The van der Waals surface area contributed by atoms with Crippen LogP contribution in [0.5, 0.6) is 0 Å². The lowest BCUT2D eigenvalue weighted by molar-refractivity contribution is -0.139. The summed E-state index contributed by atoms with van der Waals surface area (Å²) in [6.07, 6.45) is 1.98. The molecule has 0 aliphatic carbocycles. The molecule has 23 heavy (non-hydrogen) atoms. The number of benzene rings is 1. The fraction of sp³-hybridized carbons (Fsp3) is 0.353. The number of carboxylic acid groups (broad SMARTS) is 1. The average Bonchev–Trinajstić information content (AvgIpc) is 2.94. The van der Waals surface area contributed by atoms with E-state index in [1.807, 2.05) is 37.3 Å². The number of carbonyl (C=O) groups is 2. The molecule has 2 N–H and O–H groups in total. The maximum absolute atomic E-state index is 12.3. The molecule has 0 radical (unpaired) electrons. The minimum atomic E-state index is -1.05. The Balaban J connectivity index is 2.16. The van der Waals surface area contributed by atoms with Gasteiger partial charge in [0.15, 0.2) is 5.69 Å². The largest absolute Gasteiger partial charge is 0.480 e. The lowest BCUT2D eigenvalue weighted by Crippen LogP contribution is -2.41. The number of unbranched alkanes of at least 4 members (excludes halogenated alkanes) is 1. The normalized spacial score (nSPS) is 11.9. The third-order valence-electron chi connectivity index (χ3n) is 3.48. The van der Waals surface area contributed by atoms with Gasteiger partial charge in [0, 0.05) is 5.56 Å². The van der Waals surface area contributed by atoms with Crippen molar-refractivity contribution in [3.8, 4) is 11.5 Å². The average molecular weight is 316 g/mol. The van der Waals surface area contributed by atoms with Crippen molar-refractivity contribution in [1.29, 1.82) is 0 Å². The Labute approximate surface area is 134 Å². The van der Waals surface area contributed by atoms with Gasteiger partial charge in [0.25, 0.3) is 5.91 Å². The fourth-order valence-electron chi connectivity index (χ4n) is 2.20. The molecule has 6 nitrogen and oxygen atoms in total. The van der Waals surface area contributed by atoms with E-state index in [0.717, 1.165) is 18.4 Å². The molecule has 1 aromatic heterocycles. The first kappa shape index (κ1) is 16.7. The van der Waals surface area contributed by atoms with Gasteiger partial charge >= 0.3 is 5.97 Å². The summed E-state index contributed by atoms with van der Waals surface area (Å²) in [5.74, 6) is -0.872. The molecular formula is C17H20N2O4. The first-order valence-electron chi connectivity index (χ1n) is 7.59. The summed E-state index contributed by atoms with van der Waals surface area (Å²) < 4.78 is 5.53. The molecule has 1 amide bonds. The number of nitrogens with one attached hydrogen (secondary N) is 1. The third kappa shape index (κ3) is 4.18. The third-order valence-corrected chi connectivity index (χ3v) is 3.48. The second-order valence-electron chi connectivity index (χ2n) is 5.30. The van der Waals surface area contributed by atoms with Crippen LogP contribution < -0.4 is 5.32 Å². The van der Waals surface area contributed by atoms with E-state index in [1.54, 1.807) is 6.92 Å². The fourth-order valence-corrected chi connectivity index (χ4v) is 2.20. The van der Waals surface area contributed by atoms with E-state index in [9.17, 15) is 14.7 Å². The second kappa shape index (κ2) is 7.58. The lowest BCUT2D eigenvalue weighted by atomic mass is 10.1. The number of carbonyl (C=O) groups excluding carboxylic acids is 1. The number of aliphatic carboxylic acids is 1. The predicted molar refractivity (Wildman–Crippen MR) is 85.1 cm³/mol. The summed E-state index contributed by atoms with van der Waals surface area (Å²) in [6.45, 7) is 3.60. The molecule has 2 rings (SSSR count). The van der Waals surface area contributed by atoms with Crippen molar-refractivity contribution in [3.63, 3.8) is 0 Å². The van der Waals surface area contributed by atoms with Crippen LogP contribution in [0.4, 0.5) is 0 Å². The molecule has 0 spiro atoms. The monoisotopic (exact) mass is 316 g/mol. The summed E-state index contributed by atoms with van der Waals surface area (Å²) in [6, 6.07) is 8.30. The smallest absolute Gasteiger partial charge is 0.326 e. The van der Waals surface area contributed by atoms with Gasteiger partial charge in [-0.05, 0) is 25.5 Å². The van der Waals surface area contributed by atoms with Gasteiger partial charge in [-0.3, -0.25) is 4.79 Å². The summed E-state index contributed by atoms with van der Waals surface area (Å²) in [5, 5.41) is 11.7. The van der Waals surface area contributed by atoms with Crippen molar-refractivity contribution in [2.45, 2.75) is 39.2 Å². The van der Waals surface area contributed by atoms with Crippen LogP contribution in [0.25, 0.3) is 11.5 Å². The quantitative estimate of drug-likeness (QED) is 0.819. The van der Waals surface area contributed by atoms with Crippen molar-refractivity contribution >= 4 is 11.9 Å². The van der Waals surface area contributed by atoms with Gasteiger partial charge in [0.2, 0.25) is 5.89 Å². The van der Waals surface area contributed by atoms with Gasteiger partial charge < -0.3 is 14.8 Å². The summed E-state index contributed by atoms with van der Waals surface area (Å²) in [4.78, 5) is 27.7. The highest BCUT2D eigenvalue weighted by atomic mass is 16.4. The first-order chi connectivity index (χ1) is 11.0. The van der Waals surface area contributed by atoms with Gasteiger partial charge in [0.1, 0.15) is 11.8 Å². The maximum Gasteiger partial charge on any atom is 0.326 e. The Hall–Kier alpha value is -2.63. The summed E-state index contributed by atoms with van der Waals surface area (Å²) >= 11 is 0. The van der Waals surface area contributed by atoms with Gasteiger partial charge in [-0.25, -0.2) is 9.78 Å². The number of hydrogen-bond acceptors (Lipinski definition) is 4. The minimum Gasteiger partial charge on any atom is -0.480 e. The molecular weight excluding hydrogens is 296 g/mol. The zero-order valence-corrected chi connectivity index (χ0v) is 13.2. The number of carboxylic acids is 1. The van der Waals surface area contributed by atoms with E-state index >= 15 is 0 Å². The molecule has 1 atom stereocenters. The summed E-state index contributed by atoms with van der Waals surface area (Å²) in [5.41, 5.74) is 0.877. The van der Waals surface area contributed by atoms with Crippen molar-refractivity contribution in [3.05, 3.63) is 41.8 Å². The first-order valence-corrected chi connectivity index (χ1v) is 7.59. The van der Waals surface area contributed by atoms with Crippen LogP contribution in [0.2, 0.25) is 0 Å². The van der Waals surface area contributed by atoms with Crippen LogP contribution in [-0.4, -0.2) is 28.0 Å². The van der Waals surface area contributed by atoms with Gasteiger partial charge in [-0.2, -0.15) is 0 Å². The topological polar surface area (TPSA) is 92.4 Å². The number of nitrogens with zero attached hydrogens (tertiary/aromatic N) is 1.